The first-order valence-corrected chi connectivity index (χ1v) is 16.4. The highest BCUT2D eigenvalue weighted by Gasteiger charge is 2.41. The highest BCUT2D eigenvalue weighted by molar-refractivity contribution is 7.16. The molecular formula is C31H37N5O5S2. The number of amides is 1. The van der Waals surface area contributed by atoms with Gasteiger partial charge in [0.25, 0.3) is 5.91 Å². The fourth-order valence-corrected chi connectivity index (χ4v) is 7.52. The molecule has 12 heteroatoms. The van der Waals surface area contributed by atoms with E-state index in [1.165, 1.54) is 28.5 Å². The maximum atomic E-state index is 13.0. The average molecular weight is 624 g/mol. The molecule has 0 aliphatic carbocycles. The van der Waals surface area contributed by atoms with E-state index in [2.05, 4.69) is 44.5 Å². The number of H-pyrrole nitrogens is 1. The Kier molecular flexibility index (Phi) is 8.94. The predicted octanol–water partition coefficient (Wildman–Crippen LogP) is 3.43. The zero-order chi connectivity index (χ0) is 30.0. The lowest BCUT2D eigenvalue weighted by molar-refractivity contribution is -0.128. The first-order chi connectivity index (χ1) is 20.8. The van der Waals surface area contributed by atoms with Crippen molar-refractivity contribution in [3.8, 4) is 5.75 Å². The van der Waals surface area contributed by atoms with E-state index >= 15 is 0 Å². The number of benzene rings is 2. The van der Waals surface area contributed by atoms with Gasteiger partial charge in [-0.2, -0.15) is 0 Å². The quantitative estimate of drug-likeness (QED) is 0.209. The molecule has 6 rings (SSSR count). The molecule has 228 valence electrons. The minimum absolute atomic E-state index is 0.00519. The van der Waals surface area contributed by atoms with Crippen molar-refractivity contribution in [2.45, 2.75) is 44.4 Å². The van der Waals surface area contributed by atoms with E-state index in [0.29, 0.717) is 54.3 Å². The molecule has 0 saturated carbocycles. The first kappa shape index (κ1) is 29.9. The van der Waals surface area contributed by atoms with Crippen LogP contribution in [0.2, 0.25) is 0 Å². The lowest BCUT2D eigenvalue weighted by Crippen LogP contribution is -2.58. The summed E-state index contributed by atoms with van der Waals surface area (Å²) in [7, 11) is 0. The molecule has 4 aromatic rings. The van der Waals surface area contributed by atoms with Crippen LogP contribution in [0.15, 0.2) is 46.6 Å². The molecule has 1 amide bonds. The van der Waals surface area contributed by atoms with Crippen LogP contribution in [0.5, 0.6) is 5.75 Å². The van der Waals surface area contributed by atoms with Gasteiger partial charge in [-0.15, -0.1) is 11.3 Å². The number of rotatable bonds is 9. The number of aliphatic hydroxyl groups is 1. The van der Waals surface area contributed by atoms with Crippen LogP contribution in [-0.4, -0.2) is 87.4 Å². The topological polar surface area (TPSA) is 131 Å². The maximum Gasteiger partial charge on any atom is 0.305 e. The summed E-state index contributed by atoms with van der Waals surface area (Å²) in [6, 6.07) is 11.8. The number of aromatic amines is 1. The molecule has 4 N–H and O–H groups in total. The number of morpholine rings is 1. The number of carbonyl (C=O) groups excluding carboxylic acids is 1. The van der Waals surface area contributed by atoms with Crippen molar-refractivity contribution >= 4 is 38.8 Å². The fourth-order valence-electron chi connectivity index (χ4n) is 6.02. The van der Waals surface area contributed by atoms with Crippen LogP contribution in [0.25, 0.3) is 10.2 Å². The van der Waals surface area contributed by atoms with Gasteiger partial charge in [0.2, 0.25) is 0 Å². The van der Waals surface area contributed by atoms with Gasteiger partial charge in [0, 0.05) is 43.7 Å². The molecule has 2 aliphatic rings. The molecule has 10 nitrogen and oxygen atoms in total. The number of aliphatic hydroxyl groups excluding tert-OH is 1. The van der Waals surface area contributed by atoms with Crippen LogP contribution >= 0.6 is 22.7 Å². The number of nitrogens with one attached hydrogen (secondary N) is 2. The summed E-state index contributed by atoms with van der Waals surface area (Å²) >= 11 is 2.50. The zero-order valence-corrected chi connectivity index (χ0v) is 25.8. The van der Waals surface area contributed by atoms with Gasteiger partial charge in [0.05, 0.1) is 34.6 Å². The van der Waals surface area contributed by atoms with Crippen LogP contribution in [0, 0.1) is 6.92 Å². The maximum absolute atomic E-state index is 13.0. The van der Waals surface area contributed by atoms with E-state index in [1.807, 2.05) is 17.2 Å². The molecule has 4 heterocycles. The number of ether oxygens (including phenoxy) is 1. The van der Waals surface area contributed by atoms with Gasteiger partial charge in [0.15, 0.2) is 0 Å². The van der Waals surface area contributed by atoms with Gasteiger partial charge in [-0.25, -0.2) is 4.98 Å². The Bertz CT molecular complexity index is 1620. The number of nitrogens with zero attached hydrogens (tertiary/aromatic N) is 3. The molecule has 1 atom stereocenters. The minimum atomic E-state index is -0.787. The molecule has 2 fully saturated rings. The summed E-state index contributed by atoms with van der Waals surface area (Å²) in [6.45, 7) is 7.53. The molecule has 2 aromatic heterocycles. The summed E-state index contributed by atoms with van der Waals surface area (Å²) in [5, 5.41) is 26.7. The molecule has 2 saturated heterocycles. The van der Waals surface area contributed by atoms with E-state index in [4.69, 9.17) is 4.74 Å². The first-order valence-electron chi connectivity index (χ1n) is 14.7. The van der Waals surface area contributed by atoms with E-state index in [0.717, 1.165) is 55.2 Å². The molecule has 0 radical (unpaired) electrons. The third-order valence-electron chi connectivity index (χ3n) is 8.45. The zero-order valence-electron chi connectivity index (χ0n) is 24.2. The Balaban J connectivity index is 0.940. The minimum Gasteiger partial charge on any atom is -0.506 e. The number of aromatic nitrogens is 2. The SMILES string of the molecule is Cc1nc(C(=O)N2CCOC3(CCN(Cc4ccc(CCNC[C@H](O)c5ccc(O)c6[nH]c(=O)sc56)cc4)CC3)C2)cs1. The molecule has 2 aromatic carbocycles. The Morgan fingerprint density at radius 2 is 1.93 bits per heavy atom. The highest BCUT2D eigenvalue weighted by Crippen LogP contribution is 2.32. The summed E-state index contributed by atoms with van der Waals surface area (Å²) in [6.07, 6.45) is 1.85. The number of fused-ring (bicyclic) bond motifs is 1. The monoisotopic (exact) mass is 623 g/mol. The van der Waals surface area contributed by atoms with E-state index < -0.39 is 6.10 Å². The smallest absolute Gasteiger partial charge is 0.305 e. The Morgan fingerprint density at radius 3 is 2.67 bits per heavy atom. The standard InChI is InChI=1S/C31H37N5O5S2/c1-20-33-24(18-42-20)29(39)36-14-15-41-31(19-36)9-12-35(13-10-31)17-22-4-2-21(3-5-22)8-11-32-16-26(38)23-6-7-25(37)27-28(23)43-30(40)34-27/h2-7,18,26,32,37-38H,8-17,19H2,1H3,(H,34,40)/t26-/m0/s1. The normalized spacial score (nSPS) is 18.0. The second-order valence-electron chi connectivity index (χ2n) is 11.5. The number of hydrogen-bond donors (Lipinski definition) is 4. The number of piperidine rings is 1. The van der Waals surface area contributed by atoms with Crippen molar-refractivity contribution in [1.29, 1.82) is 0 Å². The number of carbonyl (C=O) groups is 1. The number of thiazole rings is 2. The Labute approximate surface area is 258 Å². The molecule has 1 spiro atoms. The second-order valence-corrected chi connectivity index (χ2v) is 13.5. The van der Waals surface area contributed by atoms with Crippen LogP contribution in [0.1, 0.15) is 51.1 Å². The number of likely N-dealkylation sites (tertiary alicyclic amines) is 1. The Hall–Kier alpha value is -3.13. The summed E-state index contributed by atoms with van der Waals surface area (Å²) in [4.78, 5) is 35.8. The summed E-state index contributed by atoms with van der Waals surface area (Å²) in [5.41, 5.74) is 3.76. The molecular weight excluding hydrogens is 587 g/mol. The van der Waals surface area contributed by atoms with Gasteiger partial charge in [-0.05, 0) is 49.9 Å². The van der Waals surface area contributed by atoms with Crippen molar-refractivity contribution in [3.05, 3.63) is 78.8 Å². The summed E-state index contributed by atoms with van der Waals surface area (Å²) < 4.78 is 6.86. The molecule has 0 unspecified atom stereocenters. The highest BCUT2D eigenvalue weighted by atomic mass is 32.1. The van der Waals surface area contributed by atoms with Crippen molar-refractivity contribution < 1.29 is 19.7 Å². The summed E-state index contributed by atoms with van der Waals surface area (Å²) in [5.74, 6) is 0.0152. The van der Waals surface area contributed by atoms with E-state index in [-0.39, 0.29) is 22.1 Å². The van der Waals surface area contributed by atoms with Crippen molar-refractivity contribution in [2.24, 2.45) is 0 Å². The van der Waals surface area contributed by atoms with Gasteiger partial charge < -0.3 is 30.2 Å². The predicted molar refractivity (Wildman–Crippen MR) is 168 cm³/mol. The number of aryl methyl sites for hydroxylation is 1. The number of phenols is 1. The van der Waals surface area contributed by atoms with Crippen LogP contribution in [0.4, 0.5) is 0 Å². The average Bonchev–Trinajstić information content (AvgIpc) is 3.63. The fraction of sp³-hybridized carbons (Fsp3) is 0.452. The largest absolute Gasteiger partial charge is 0.506 e. The van der Waals surface area contributed by atoms with Crippen LogP contribution in [0.3, 0.4) is 0 Å². The van der Waals surface area contributed by atoms with Gasteiger partial charge in [-0.1, -0.05) is 41.7 Å². The van der Waals surface area contributed by atoms with Crippen LogP contribution in [-0.2, 0) is 17.7 Å². The van der Waals surface area contributed by atoms with Gasteiger partial charge >= 0.3 is 4.87 Å². The number of phenolic OH excluding ortho intramolecular Hbond substituents is 1. The molecule has 2 aliphatic heterocycles. The lowest BCUT2D eigenvalue weighted by Gasteiger charge is -2.47. The number of aromatic hydroxyl groups is 1. The Morgan fingerprint density at radius 1 is 1.16 bits per heavy atom. The third kappa shape index (κ3) is 6.84. The third-order valence-corrected chi connectivity index (χ3v) is 10.2. The van der Waals surface area contributed by atoms with Crippen LogP contribution < -0.4 is 10.2 Å². The molecule has 43 heavy (non-hydrogen) atoms. The lowest BCUT2D eigenvalue weighted by atomic mass is 9.89. The van der Waals surface area contributed by atoms with E-state index in [1.54, 1.807) is 6.07 Å². The second kappa shape index (κ2) is 12.8. The van der Waals surface area contributed by atoms with Gasteiger partial charge in [-0.3, -0.25) is 14.5 Å². The van der Waals surface area contributed by atoms with Crippen molar-refractivity contribution in [3.63, 3.8) is 0 Å². The molecule has 0 bridgehead atoms. The van der Waals surface area contributed by atoms with Crippen molar-refractivity contribution in [1.82, 2.24) is 25.1 Å². The number of hydrogen-bond acceptors (Lipinski definition) is 10. The van der Waals surface area contributed by atoms with Gasteiger partial charge in [0.1, 0.15) is 17.0 Å². The van der Waals surface area contributed by atoms with Crippen molar-refractivity contribution in [2.75, 3.05) is 45.9 Å². The van der Waals surface area contributed by atoms with E-state index in [9.17, 15) is 19.8 Å².